The van der Waals surface area contributed by atoms with Crippen LogP contribution in [0.4, 0.5) is 29.0 Å². The second-order valence-electron chi connectivity index (χ2n) is 7.46. The highest BCUT2D eigenvalue weighted by atomic mass is 35.5. The maximum absolute atomic E-state index is 12.1. The molecule has 1 aliphatic rings. The minimum Gasteiger partial charge on any atom is -0.355 e. The van der Waals surface area contributed by atoms with E-state index in [1.807, 2.05) is 18.2 Å². The molecule has 10 heteroatoms. The average molecular weight is 453 g/mol. The zero-order chi connectivity index (χ0) is 22.5. The summed E-state index contributed by atoms with van der Waals surface area (Å²) >= 11 is 6.29. The lowest BCUT2D eigenvalue weighted by molar-refractivity contribution is 0.0964. The van der Waals surface area contributed by atoms with E-state index in [9.17, 15) is 4.79 Å². The fourth-order valence-corrected chi connectivity index (χ4v) is 3.52. The van der Waals surface area contributed by atoms with Gasteiger partial charge in [0.2, 0.25) is 5.95 Å². The van der Waals surface area contributed by atoms with E-state index in [1.54, 1.807) is 31.4 Å². The Hall–Kier alpha value is -3.43. The molecule has 1 aromatic carbocycles. The van der Waals surface area contributed by atoms with E-state index >= 15 is 0 Å². The number of pyridine rings is 1. The van der Waals surface area contributed by atoms with E-state index in [1.165, 1.54) is 6.20 Å². The van der Waals surface area contributed by atoms with Crippen LogP contribution in [0.15, 0.2) is 48.8 Å². The highest BCUT2D eigenvalue weighted by Crippen LogP contribution is 2.27. The minimum absolute atomic E-state index is 0.205. The van der Waals surface area contributed by atoms with Crippen LogP contribution in [-0.4, -0.2) is 66.0 Å². The quantitative estimate of drug-likeness (QED) is 0.524. The average Bonchev–Trinajstić information content (AvgIpc) is 2.82. The number of halogens is 1. The number of carbonyl (C=O) groups is 1. The summed E-state index contributed by atoms with van der Waals surface area (Å²) < 4.78 is 0. The van der Waals surface area contributed by atoms with E-state index in [0.717, 1.165) is 37.7 Å². The second kappa shape index (κ2) is 9.80. The van der Waals surface area contributed by atoms with Gasteiger partial charge in [0.05, 0.1) is 29.3 Å². The smallest absolute Gasteiger partial charge is 0.253 e. The van der Waals surface area contributed by atoms with Gasteiger partial charge in [-0.3, -0.25) is 4.79 Å². The summed E-state index contributed by atoms with van der Waals surface area (Å²) in [6.45, 7) is 3.98. The molecule has 0 aliphatic carbocycles. The molecule has 0 spiro atoms. The first-order valence-electron chi connectivity index (χ1n) is 10.3. The third kappa shape index (κ3) is 5.06. The van der Waals surface area contributed by atoms with E-state index in [2.05, 4.69) is 47.7 Å². The van der Waals surface area contributed by atoms with Crippen molar-refractivity contribution in [2.45, 2.75) is 0 Å². The third-order valence-electron chi connectivity index (χ3n) is 5.23. The van der Waals surface area contributed by atoms with Gasteiger partial charge in [0, 0.05) is 33.2 Å². The lowest BCUT2D eigenvalue weighted by Gasteiger charge is -2.33. The number of piperazine rings is 1. The van der Waals surface area contributed by atoms with Crippen molar-refractivity contribution in [3.05, 3.63) is 59.4 Å². The van der Waals surface area contributed by atoms with Gasteiger partial charge in [-0.2, -0.15) is 4.98 Å². The number of hydrogen-bond acceptors (Lipinski definition) is 8. The predicted octanol–water partition coefficient (Wildman–Crippen LogP) is 3.12. The Morgan fingerprint density at radius 2 is 1.78 bits per heavy atom. The second-order valence-corrected chi connectivity index (χ2v) is 7.87. The molecule has 1 saturated heterocycles. The number of anilines is 5. The molecule has 2 aromatic heterocycles. The maximum Gasteiger partial charge on any atom is 0.253 e. The van der Waals surface area contributed by atoms with Gasteiger partial charge in [0.1, 0.15) is 10.8 Å². The van der Waals surface area contributed by atoms with Crippen LogP contribution in [0.2, 0.25) is 5.02 Å². The summed E-state index contributed by atoms with van der Waals surface area (Å²) in [6.07, 6.45) is 3.27. The molecule has 0 atom stereocenters. The highest BCUT2D eigenvalue weighted by molar-refractivity contribution is 6.33. The first kappa shape index (κ1) is 21.8. The normalized spacial score (nSPS) is 14.2. The van der Waals surface area contributed by atoms with Gasteiger partial charge < -0.3 is 25.8 Å². The van der Waals surface area contributed by atoms with E-state index in [0.29, 0.717) is 28.0 Å². The Morgan fingerprint density at radius 1 is 1.00 bits per heavy atom. The van der Waals surface area contributed by atoms with E-state index in [-0.39, 0.29) is 5.91 Å². The zero-order valence-electron chi connectivity index (χ0n) is 18.0. The Bertz CT molecular complexity index is 1080. The van der Waals surface area contributed by atoms with Gasteiger partial charge in [0.15, 0.2) is 5.82 Å². The van der Waals surface area contributed by atoms with Crippen molar-refractivity contribution in [2.75, 3.05) is 55.8 Å². The van der Waals surface area contributed by atoms with Crippen molar-refractivity contribution in [1.29, 1.82) is 0 Å². The Kier molecular flexibility index (Phi) is 6.67. The molecule has 32 heavy (non-hydrogen) atoms. The van der Waals surface area contributed by atoms with Crippen LogP contribution in [0, 0.1) is 0 Å². The lowest BCUT2D eigenvalue weighted by atomic mass is 10.1. The molecule has 0 saturated carbocycles. The molecular weight excluding hydrogens is 428 g/mol. The van der Waals surface area contributed by atoms with Gasteiger partial charge >= 0.3 is 0 Å². The largest absolute Gasteiger partial charge is 0.355 e. The molecule has 0 bridgehead atoms. The van der Waals surface area contributed by atoms with E-state index < -0.39 is 0 Å². The van der Waals surface area contributed by atoms with Gasteiger partial charge in [-0.15, -0.1) is 0 Å². The highest BCUT2D eigenvalue weighted by Gasteiger charge is 2.16. The fourth-order valence-electron chi connectivity index (χ4n) is 3.38. The van der Waals surface area contributed by atoms with Gasteiger partial charge in [-0.05, 0) is 31.3 Å². The Labute approximate surface area is 191 Å². The first-order chi connectivity index (χ1) is 15.5. The minimum atomic E-state index is -0.205. The molecule has 0 radical (unpaired) electrons. The number of para-hydroxylation sites is 1. The number of nitrogens with zero attached hydrogens (tertiary/aromatic N) is 5. The van der Waals surface area contributed by atoms with Crippen LogP contribution >= 0.6 is 11.6 Å². The molecule has 1 aliphatic heterocycles. The summed E-state index contributed by atoms with van der Waals surface area (Å²) in [7, 11) is 3.71. The van der Waals surface area contributed by atoms with Gasteiger partial charge in [-0.1, -0.05) is 23.7 Å². The number of aromatic nitrogens is 3. The van der Waals surface area contributed by atoms with Crippen molar-refractivity contribution in [2.24, 2.45) is 0 Å². The van der Waals surface area contributed by atoms with Crippen LogP contribution in [0.5, 0.6) is 0 Å². The van der Waals surface area contributed by atoms with Crippen LogP contribution < -0.4 is 20.9 Å². The molecule has 0 unspecified atom stereocenters. The lowest BCUT2D eigenvalue weighted by Crippen LogP contribution is -2.44. The van der Waals surface area contributed by atoms with Crippen molar-refractivity contribution in [3.8, 4) is 0 Å². The summed E-state index contributed by atoms with van der Waals surface area (Å²) in [5.41, 5.74) is 1.85. The topological polar surface area (TPSA) is 98.3 Å². The molecule has 1 fully saturated rings. The number of benzene rings is 1. The van der Waals surface area contributed by atoms with Crippen LogP contribution in [0.25, 0.3) is 0 Å². The summed E-state index contributed by atoms with van der Waals surface area (Å²) in [6, 6.07) is 11.1. The molecule has 4 rings (SSSR count). The van der Waals surface area contributed by atoms with Crippen molar-refractivity contribution in [1.82, 2.24) is 25.2 Å². The molecule has 3 N–H and O–H groups in total. The molecule has 3 heterocycles. The number of rotatable bonds is 6. The molecule has 166 valence electrons. The predicted molar refractivity (Wildman–Crippen MR) is 127 cm³/mol. The number of nitrogens with one attached hydrogen (secondary N) is 3. The van der Waals surface area contributed by atoms with Crippen LogP contribution in [-0.2, 0) is 0 Å². The number of likely N-dealkylation sites (N-methyl/N-ethyl adjacent to an activating group) is 1. The van der Waals surface area contributed by atoms with Gasteiger partial charge in [0.25, 0.3) is 5.91 Å². The summed E-state index contributed by atoms with van der Waals surface area (Å²) in [5.74, 6) is 1.50. The van der Waals surface area contributed by atoms with Crippen molar-refractivity contribution in [3.63, 3.8) is 0 Å². The number of amides is 1. The van der Waals surface area contributed by atoms with Crippen molar-refractivity contribution >= 4 is 46.5 Å². The monoisotopic (exact) mass is 452 g/mol. The standard InChI is InChI=1S/C22H25ClN8O/c1-24-21(32)16-5-3-4-6-18(16)28-20-17(23)14-26-22(29-20)27-15-7-8-19(25-13-15)31-11-9-30(2)10-12-31/h3-8,13-14H,9-12H2,1-2H3,(H,24,32)(H2,26,27,28,29). The SMILES string of the molecule is CNC(=O)c1ccccc1Nc1nc(Nc2ccc(N3CCN(C)CC3)nc2)ncc1Cl. The Morgan fingerprint density at radius 3 is 2.50 bits per heavy atom. The van der Waals surface area contributed by atoms with E-state index in [4.69, 9.17) is 11.6 Å². The molecule has 3 aromatic rings. The fraction of sp³-hybridized carbons (Fsp3) is 0.273. The summed E-state index contributed by atoms with van der Waals surface area (Å²) in [5, 5.41) is 9.25. The zero-order valence-corrected chi connectivity index (χ0v) is 18.7. The van der Waals surface area contributed by atoms with Gasteiger partial charge in [-0.25, -0.2) is 9.97 Å². The number of hydrogen-bond donors (Lipinski definition) is 3. The molecular formula is C22H25ClN8O. The van der Waals surface area contributed by atoms with Crippen molar-refractivity contribution < 1.29 is 4.79 Å². The number of carbonyl (C=O) groups excluding carboxylic acids is 1. The van der Waals surface area contributed by atoms with Crippen LogP contribution in [0.1, 0.15) is 10.4 Å². The Balaban J connectivity index is 1.48. The first-order valence-corrected chi connectivity index (χ1v) is 10.7. The summed E-state index contributed by atoms with van der Waals surface area (Å²) in [4.78, 5) is 30.0. The third-order valence-corrected chi connectivity index (χ3v) is 5.50. The van der Waals surface area contributed by atoms with Crippen LogP contribution in [0.3, 0.4) is 0 Å². The molecule has 9 nitrogen and oxygen atoms in total. The molecule has 1 amide bonds. The maximum atomic E-state index is 12.1.